The van der Waals surface area contributed by atoms with Crippen LogP contribution < -0.4 is 0 Å². The van der Waals surface area contributed by atoms with Gasteiger partial charge in [0, 0.05) is 6.04 Å². The SMILES string of the molecule is CC1CC(C(=O)O)C(C(=O)N(Cc2ccco2)C2CC2)C1. The van der Waals surface area contributed by atoms with Crippen LogP contribution in [0.1, 0.15) is 38.4 Å². The van der Waals surface area contributed by atoms with Crippen molar-refractivity contribution < 1.29 is 19.1 Å². The van der Waals surface area contributed by atoms with Crippen molar-refractivity contribution in [3.63, 3.8) is 0 Å². The molecule has 1 heterocycles. The summed E-state index contributed by atoms with van der Waals surface area (Å²) in [5.41, 5.74) is 0. The van der Waals surface area contributed by atoms with E-state index in [0.29, 0.717) is 25.3 Å². The molecule has 1 amide bonds. The molecule has 5 heteroatoms. The Morgan fingerprint density at radius 2 is 2.05 bits per heavy atom. The summed E-state index contributed by atoms with van der Waals surface area (Å²) < 4.78 is 5.34. The van der Waals surface area contributed by atoms with Gasteiger partial charge >= 0.3 is 5.97 Å². The Bertz CT molecular complexity index is 520. The van der Waals surface area contributed by atoms with Crippen LogP contribution in [0.25, 0.3) is 0 Å². The number of carboxylic acids is 1. The molecular weight excluding hydrogens is 270 g/mol. The Hall–Kier alpha value is -1.78. The van der Waals surface area contributed by atoms with Crippen molar-refractivity contribution in [3.05, 3.63) is 24.2 Å². The monoisotopic (exact) mass is 291 g/mol. The first-order chi connectivity index (χ1) is 10.1. The third-order valence-corrected chi connectivity index (χ3v) is 4.61. The van der Waals surface area contributed by atoms with Gasteiger partial charge in [0.1, 0.15) is 5.76 Å². The first-order valence-electron chi connectivity index (χ1n) is 7.62. The second kappa shape index (κ2) is 5.54. The highest BCUT2D eigenvalue weighted by Gasteiger charge is 2.45. The van der Waals surface area contributed by atoms with Crippen LogP contribution in [0.15, 0.2) is 22.8 Å². The van der Waals surface area contributed by atoms with Crippen LogP contribution >= 0.6 is 0 Å². The van der Waals surface area contributed by atoms with Crippen molar-refractivity contribution in [2.24, 2.45) is 17.8 Å². The van der Waals surface area contributed by atoms with Crippen molar-refractivity contribution in [2.75, 3.05) is 0 Å². The molecule has 0 spiro atoms. The lowest BCUT2D eigenvalue weighted by Gasteiger charge is -2.26. The van der Waals surface area contributed by atoms with E-state index in [0.717, 1.165) is 18.6 Å². The van der Waals surface area contributed by atoms with Gasteiger partial charge in [0.25, 0.3) is 0 Å². The van der Waals surface area contributed by atoms with Crippen molar-refractivity contribution in [2.45, 2.75) is 45.2 Å². The lowest BCUT2D eigenvalue weighted by Crippen LogP contribution is -2.40. The number of rotatable bonds is 5. The maximum Gasteiger partial charge on any atom is 0.307 e. The molecule has 21 heavy (non-hydrogen) atoms. The standard InChI is InChI=1S/C16H21NO4/c1-10-7-13(14(8-10)16(19)20)15(18)17(11-4-5-11)9-12-3-2-6-21-12/h2-3,6,10-11,13-14H,4-5,7-9H2,1H3,(H,19,20). The minimum Gasteiger partial charge on any atom is -0.481 e. The number of furan rings is 1. The van der Waals surface area contributed by atoms with Crippen molar-refractivity contribution in [1.29, 1.82) is 0 Å². The number of carbonyl (C=O) groups excluding carboxylic acids is 1. The fraction of sp³-hybridized carbons (Fsp3) is 0.625. The van der Waals surface area contributed by atoms with Crippen LogP contribution in [-0.4, -0.2) is 27.9 Å². The van der Waals surface area contributed by atoms with Gasteiger partial charge in [0.2, 0.25) is 5.91 Å². The van der Waals surface area contributed by atoms with Gasteiger partial charge in [-0.1, -0.05) is 6.92 Å². The van der Waals surface area contributed by atoms with Crippen LogP contribution in [-0.2, 0) is 16.1 Å². The summed E-state index contributed by atoms with van der Waals surface area (Å²) in [5, 5.41) is 9.35. The van der Waals surface area contributed by atoms with Gasteiger partial charge in [-0.3, -0.25) is 9.59 Å². The molecular formula is C16H21NO4. The molecule has 0 bridgehead atoms. The predicted octanol–water partition coefficient (Wildman–Crippen LogP) is 2.52. The normalized spacial score (nSPS) is 28.5. The molecule has 1 aromatic rings. The number of nitrogens with zero attached hydrogens (tertiary/aromatic N) is 1. The molecule has 0 saturated heterocycles. The first kappa shape index (κ1) is 14.2. The van der Waals surface area contributed by atoms with Crippen LogP contribution in [0.3, 0.4) is 0 Å². The smallest absolute Gasteiger partial charge is 0.307 e. The summed E-state index contributed by atoms with van der Waals surface area (Å²) in [5.74, 6) is -0.714. The molecule has 2 aliphatic rings. The zero-order chi connectivity index (χ0) is 15.0. The van der Waals surface area contributed by atoms with E-state index in [4.69, 9.17) is 4.42 Å². The first-order valence-corrected chi connectivity index (χ1v) is 7.62. The van der Waals surface area contributed by atoms with E-state index < -0.39 is 11.9 Å². The van der Waals surface area contributed by atoms with Crippen molar-refractivity contribution >= 4 is 11.9 Å². The van der Waals surface area contributed by atoms with Gasteiger partial charge in [0.15, 0.2) is 0 Å². The lowest BCUT2D eigenvalue weighted by atomic mass is 9.94. The molecule has 114 valence electrons. The molecule has 0 aromatic carbocycles. The Morgan fingerprint density at radius 1 is 1.33 bits per heavy atom. The summed E-state index contributed by atoms with van der Waals surface area (Å²) in [4.78, 5) is 26.1. The molecule has 2 saturated carbocycles. The summed E-state index contributed by atoms with van der Waals surface area (Å²) >= 11 is 0. The van der Waals surface area contributed by atoms with Gasteiger partial charge < -0.3 is 14.4 Å². The highest BCUT2D eigenvalue weighted by molar-refractivity contribution is 5.85. The summed E-state index contributed by atoms with van der Waals surface area (Å²) in [6.45, 7) is 2.48. The predicted molar refractivity (Wildman–Crippen MR) is 75.3 cm³/mol. The third-order valence-electron chi connectivity index (χ3n) is 4.61. The van der Waals surface area contributed by atoms with E-state index in [1.807, 2.05) is 24.0 Å². The average Bonchev–Trinajstić information content (AvgIpc) is 2.99. The second-order valence-corrected chi connectivity index (χ2v) is 6.40. The minimum absolute atomic E-state index is 0.00866. The van der Waals surface area contributed by atoms with E-state index in [-0.39, 0.29) is 17.9 Å². The Labute approximate surface area is 123 Å². The van der Waals surface area contributed by atoms with E-state index in [1.165, 1.54) is 0 Å². The van der Waals surface area contributed by atoms with Gasteiger partial charge in [0.05, 0.1) is 24.6 Å². The summed E-state index contributed by atoms with van der Waals surface area (Å²) in [6.07, 6.45) is 4.89. The topological polar surface area (TPSA) is 70.8 Å². The van der Waals surface area contributed by atoms with E-state index in [9.17, 15) is 14.7 Å². The fourth-order valence-corrected chi connectivity index (χ4v) is 3.39. The second-order valence-electron chi connectivity index (χ2n) is 6.40. The quantitative estimate of drug-likeness (QED) is 0.905. The summed E-state index contributed by atoms with van der Waals surface area (Å²) in [6, 6.07) is 3.92. The number of hydrogen-bond acceptors (Lipinski definition) is 3. The van der Waals surface area contributed by atoms with Crippen molar-refractivity contribution in [1.82, 2.24) is 4.90 Å². The van der Waals surface area contributed by atoms with E-state index in [1.54, 1.807) is 6.26 Å². The average molecular weight is 291 g/mol. The molecule has 3 rings (SSSR count). The molecule has 2 aliphatic carbocycles. The van der Waals surface area contributed by atoms with Crippen LogP contribution in [0.5, 0.6) is 0 Å². The van der Waals surface area contributed by atoms with Gasteiger partial charge in [-0.05, 0) is 43.7 Å². The number of carboxylic acid groups (broad SMARTS) is 1. The maximum absolute atomic E-state index is 12.8. The molecule has 0 radical (unpaired) electrons. The Morgan fingerprint density at radius 3 is 2.62 bits per heavy atom. The van der Waals surface area contributed by atoms with Crippen LogP contribution in [0.2, 0.25) is 0 Å². The molecule has 0 aliphatic heterocycles. The van der Waals surface area contributed by atoms with Crippen molar-refractivity contribution in [3.8, 4) is 0 Å². The largest absolute Gasteiger partial charge is 0.481 e. The molecule has 5 nitrogen and oxygen atoms in total. The van der Waals surface area contributed by atoms with E-state index in [2.05, 4.69) is 0 Å². The Kier molecular flexibility index (Phi) is 3.74. The highest BCUT2D eigenvalue weighted by Crippen LogP contribution is 2.40. The van der Waals surface area contributed by atoms with Crippen LogP contribution in [0, 0.1) is 17.8 Å². The highest BCUT2D eigenvalue weighted by atomic mass is 16.4. The zero-order valence-corrected chi connectivity index (χ0v) is 12.2. The number of hydrogen-bond donors (Lipinski definition) is 1. The van der Waals surface area contributed by atoms with Crippen LogP contribution in [0.4, 0.5) is 0 Å². The number of aliphatic carboxylic acids is 1. The number of carbonyl (C=O) groups is 2. The summed E-state index contributed by atoms with van der Waals surface area (Å²) in [7, 11) is 0. The molecule has 1 aromatic heterocycles. The fourth-order valence-electron chi connectivity index (χ4n) is 3.39. The van der Waals surface area contributed by atoms with Gasteiger partial charge in [-0.2, -0.15) is 0 Å². The number of amides is 1. The molecule has 3 unspecified atom stereocenters. The minimum atomic E-state index is -0.841. The van der Waals surface area contributed by atoms with E-state index >= 15 is 0 Å². The van der Waals surface area contributed by atoms with Gasteiger partial charge in [-0.25, -0.2) is 0 Å². The Balaban J connectivity index is 1.75. The lowest BCUT2D eigenvalue weighted by molar-refractivity contribution is -0.149. The maximum atomic E-state index is 12.8. The zero-order valence-electron chi connectivity index (χ0n) is 12.2. The molecule has 3 atom stereocenters. The third kappa shape index (κ3) is 2.96. The molecule has 1 N–H and O–H groups in total. The van der Waals surface area contributed by atoms with Gasteiger partial charge in [-0.15, -0.1) is 0 Å². The molecule has 2 fully saturated rings.